The first-order valence-corrected chi connectivity index (χ1v) is 5.06. The van der Waals surface area contributed by atoms with E-state index in [2.05, 4.69) is 38.0 Å². The van der Waals surface area contributed by atoms with Gasteiger partial charge in [0.1, 0.15) is 0 Å². The number of hydrogen-bond acceptors (Lipinski definition) is 2. The predicted octanol–water partition coefficient (Wildman–Crippen LogP) is 1.57. The molecule has 0 spiro atoms. The Bertz CT molecular complexity index is 139. The van der Waals surface area contributed by atoms with Crippen LogP contribution in [0.3, 0.4) is 0 Å². The highest BCUT2D eigenvalue weighted by atomic mass is 15.2. The second kappa shape index (κ2) is 4.24. The van der Waals surface area contributed by atoms with Crippen LogP contribution in [0.5, 0.6) is 0 Å². The highest BCUT2D eigenvalue weighted by molar-refractivity contribution is 4.82. The quantitative estimate of drug-likeness (QED) is 0.680. The molecule has 0 aromatic heterocycles. The van der Waals surface area contributed by atoms with Crippen molar-refractivity contribution in [2.75, 3.05) is 20.1 Å². The summed E-state index contributed by atoms with van der Waals surface area (Å²) in [6, 6.07) is 1.45. The fourth-order valence-electron chi connectivity index (χ4n) is 2.08. The molecule has 0 saturated carbocycles. The minimum atomic E-state index is 0. The molecule has 1 N–H and O–H groups in total. The second-order valence-corrected chi connectivity index (χ2v) is 4.25. The van der Waals surface area contributed by atoms with Crippen molar-refractivity contribution in [3.63, 3.8) is 0 Å². The molecule has 0 aliphatic carbocycles. The van der Waals surface area contributed by atoms with Gasteiger partial charge in [-0.05, 0) is 39.8 Å². The fraction of sp³-hybridized carbons (Fsp3) is 1.00. The van der Waals surface area contributed by atoms with Crippen molar-refractivity contribution in [1.29, 1.82) is 0 Å². The van der Waals surface area contributed by atoms with Crippen LogP contribution in [-0.2, 0) is 0 Å². The Morgan fingerprint density at radius 1 is 1.50 bits per heavy atom. The minimum Gasteiger partial charge on any atom is -0.317 e. The first-order chi connectivity index (χ1) is 5.65. The van der Waals surface area contributed by atoms with Crippen LogP contribution in [0.2, 0.25) is 0 Å². The number of hydrogen-bond donors (Lipinski definition) is 1. The van der Waals surface area contributed by atoms with Crippen LogP contribution in [0.1, 0.15) is 28.6 Å². The van der Waals surface area contributed by atoms with E-state index in [0.717, 1.165) is 12.0 Å². The maximum Gasteiger partial charge on any atom is 0.0114 e. The summed E-state index contributed by atoms with van der Waals surface area (Å²) in [6.45, 7) is 9.42. The molecule has 1 saturated heterocycles. The number of nitrogens with one attached hydrogen (secondary N) is 1. The highest BCUT2D eigenvalue weighted by Crippen LogP contribution is 2.17. The lowest BCUT2D eigenvalue weighted by Crippen LogP contribution is -2.49. The predicted molar refractivity (Wildman–Crippen MR) is 55.5 cm³/mol. The number of piperidine rings is 1. The van der Waals surface area contributed by atoms with Crippen LogP contribution in [0, 0.1) is 5.92 Å². The van der Waals surface area contributed by atoms with Crippen molar-refractivity contribution >= 4 is 0 Å². The summed E-state index contributed by atoms with van der Waals surface area (Å²) < 4.78 is 0. The van der Waals surface area contributed by atoms with Crippen molar-refractivity contribution in [3.8, 4) is 0 Å². The largest absolute Gasteiger partial charge is 0.317 e. The summed E-state index contributed by atoms with van der Waals surface area (Å²) in [7, 11) is 2.08. The lowest BCUT2D eigenvalue weighted by molar-refractivity contribution is 0.121. The molecule has 1 unspecified atom stereocenters. The van der Waals surface area contributed by atoms with Gasteiger partial charge >= 0.3 is 0 Å². The average Bonchev–Trinajstić information content (AvgIpc) is 2.04. The Morgan fingerprint density at radius 2 is 2.17 bits per heavy atom. The molecule has 74 valence electrons. The third-order valence-electron chi connectivity index (χ3n) is 3.04. The van der Waals surface area contributed by atoms with E-state index < -0.39 is 0 Å². The van der Waals surface area contributed by atoms with Gasteiger partial charge in [0.15, 0.2) is 0 Å². The molecule has 0 aromatic rings. The van der Waals surface area contributed by atoms with Crippen LogP contribution in [0.15, 0.2) is 0 Å². The van der Waals surface area contributed by atoms with Gasteiger partial charge in [-0.2, -0.15) is 0 Å². The maximum atomic E-state index is 3.39. The van der Waals surface area contributed by atoms with Crippen LogP contribution < -0.4 is 5.32 Å². The zero-order valence-electron chi connectivity index (χ0n) is 8.80. The average molecular weight is 172 g/mol. The molecule has 1 heterocycles. The van der Waals surface area contributed by atoms with Crippen molar-refractivity contribution in [2.45, 2.75) is 39.3 Å². The van der Waals surface area contributed by atoms with E-state index in [0.29, 0.717) is 6.04 Å². The number of nitrogens with zero attached hydrogens (tertiary/aromatic N) is 1. The summed E-state index contributed by atoms with van der Waals surface area (Å²) in [4.78, 5) is 2.57. The Morgan fingerprint density at radius 3 is 2.58 bits per heavy atom. The lowest BCUT2D eigenvalue weighted by atomic mass is 9.93. The summed E-state index contributed by atoms with van der Waals surface area (Å²) in [6.07, 6.45) is 1.30. The van der Waals surface area contributed by atoms with Crippen LogP contribution in [0.25, 0.3) is 0 Å². The molecule has 0 amide bonds. The molecule has 1 rings (SSSR count). The third kappa shape index (κ3) is 2.20. The molecule has 0 bridgehead atoms. The van der Waals surface area contributed by atoms with E-state index in [1.807, 2.05) is 0 Å². The second-order valence-electron chi connectivity index (χ2n) is 4.25. The Balaban J connectivity index is 0.00000144. The smallest absolute Gasteiger partial charge is 0.0114 e. The number of likely N-dealkylation sites (tertiary alicyclic amines) is 1. The number of rotatable bonds is 2. The van der Waals surface area contributed by atoms with Crippen molar-refractivity contribution < 1.29 is 1.43 Å². The van der Waals surface area contributed by atoms with Crippen molar-refractivity contribution in [1.82, 2.24) is 10.2 Å². The molecule has 1 aliphatic rings. The first kappa shape index (κ1) is 10.0. The van der Waals surface area contributed by atoms with Crippen molar-refractivity contribution in [3.05, 3.63) is 0 Å². The van der Waals surface area contributed by atoms with Gasteiger partial charge < -0.3 is 10.2 Å². The summed E-state index contributed by atoms with van der Waals surface area (Å²) in [5.74, 6) is 0.797. The standard InChI is InChI=1S/C10H22N2.H2/c1-8(2)12-6-5-10(11-4)9(3)7-12;/h8-11H,5-7H2,1-4H3;1H/t9-,10?;/m0./s1. The molecule has 2 atom stereocenters. The normalized spacial score (nSPS) is 32.8. The van der Waals surface area contributed by atoms with E-state index in [1.54, 1.807) is 0 Å². The zero-order chi connectivity index (χ0) is 9.14. The van der Waals surface area contributed by atoms with Gasteiger partial charge in [0.25, 0.3) is 0 Å². The summed E-state index contributed by atoms with van der Waals surface area (Å²) in [5, 5.41) is 3.39. The first-order valence-electron chi connectivity index (χ1n) is 5.06. The van der Waals surface area contributed by atoms with Gasteiger partial charge in [0.05, 0.1) is 0 Å². The SMILES string of the molecule is CNC1CCN(C(C)C)C[C@@H]1C.[HH]. The van der Waals surface area contributed by atoms with E-state index in [9.17, 15) is 0 Å². The van der Waals surface area contributed by atoms with Gasteiger partial charge in [0, 0.05) is 20.1 Å². The zero-order valence-corrected chi connectivity index (χ0v) is 8.80. The van der Waals surface area contributed by atoms with E-state index >= 15 is 0 Å². The third-order valence-corrected chi connectivity index (χ3v) is 3.04. The van der Waals surface area contributed by atoms with E-state index in [1.165, 1.54) is 19.5 Å². The molecule has 12 heavy (non-hydrogen) atoms. The van der Waals surface area contributed by atoms with Gasteiger partial charge in [-0.3, -0.25) is 0 Å². The van der Waals surface area contributed by atoms with E-state index in [-0.39, 0.29) is 1.43 Å². The topological polar surface area (TPSA) is 15.3 Å². The molecular formula is C10H24N2. The Labute approximate surface area is 77.8 Å². The molecule has 2 heteroatoms. The lowest BCUT2D eigenvalue weighted by Gasteiger charge is -2.38. The molecule has 0 radical (unpaired) electrons. The maximum absolute atomic E-state index is 3.39. The molecule has 0 aromatic carbocycles. The van der Waals surface area contributed by atoms with Gasteiger partial charge in [-0.1, -0.05) is 6.92 Å². The molecule has 1 fully saturated rings. The Kier molecular flexibility index (Phi) is 3.53. The van der Waals surface area contributed by atoms with Crippen molar-refractivity contribution in [2.24, 2.45) is 5.92 Å². The fourth-order valence-corrected chi connectivity index (χ4v) is 2.08. The highest BCUT2D eigenvalue weighted by Gasteiger charge is 2.25. The van der Waals surface area contributed by atoms with Gasteiger partial charge in [0.2, 0.25) is 0 Å². The van der Waals surface area contributed by atoms with E-state index in [4.69, 9.17) is 0 Å². The summed E-state index contributed by atoms with van der Waals surface area (Å²) >= 11 is 0. The Hall–Kier alpha value is -0.0800. The molecular weight excluding hydrogens is 148 g/mol. The van der Waals surface area contributed by atoms with Crippen LogP contribution in [-0.4, -0.2) is 37.1 Å². The molecule has 1 aliphatic heterocycles. The minimum absolute atomic E-state index is 0. The summed E-state index contributed by atoms with van der Waals surface area (Å²) in [5.41, 5.74) is 0. The van der Waals surface area contributed by atoms with Crippen LogP contribution in [0.4, 0.5) is 0 Å². The van der Waals surface area contributed by atoms with Gasteiger partial charge in [-0.25, -0.2) is 0 Å². The van der Waals surface area contributed by atoms with Crippen LogP contribution >= 0.6 is 0 Å². The van der Waals surface area contributed by atoms with Gasteiger partial charge in [-0.15, -0.1) is 0 Å². The monoisotopic (exact) mass is 172 g/mol. The molecule has 2 nitrogen and oxygen atoms in total.